The molecule has 0 aromatic heterocycles. The van der Waals surface area contributed by atoms with Gasteiger partial charge in [-0.05, 0) is 0 Å². The normalized spacial score (nSPS) is 15.1. The fraction of sp³-hybridized carbons (Fsp3) is 0.238. The molecule has 6 heteroatoms. The molecule has 0 saturated carbocycles. The van der Waals surface area contributed by atoms with E-state index < -0.39 is 0 Å². The summed E-state index contributed by atoms with van der Waals surface area (Å²) >= 11 is 0. The third-order valence-corrected chi connectivity index (χ3v) is 4.47. The van der Waals surface area contributed by atoms with Gasteiger partial charge in [0.05, 0.1) is 0 Å². The number of ether oxygens (including phenoxy) is 2. The number of hydrogen-bond acceptors (Lipinski definition) is 4. The van der Waals surface area contributed by atoms with Crippen molar-refractivity contribution in [2.75, 3.05) is 32.5 Å². The summed E-state index contributed by atoms with van der Waals surface area (Å²) in [5.41, 5.74) is 9.65. The minimum atomic E-state index is -0.110. The van der Waals surface area contributed by atoms with Crippen molar-refractivity contribution in [2.24, 2.45) is 0 Å². The quantitative estimate of drug-likeness (QED) is 0.579. The molecule has 2 aromatic rings. The number of carbonyl (C=O) groups excluding carboxylic acids is 1. The first kappa shape index (κ1) is 18.7. The molecule has 0 atom stereocenters. The molecule has 136 valence electrons. The van der Waals surface area contributed by atoms with Crippen molar-refractivity contribution >= 4 is 24.5 Å². The molecule has 5 nitrogen and oxygen atoms in total. The van der Waals surface area contributed by atoms with Gasteiger partial charge in [-0.25, -0.2) is 0 Å². The number of fused-ring (bicyclic) bond motifs is 4. The van der Waals surface area contributed by atoms with Gasteiger partial charge in [-0.2, -0.15) is 0 Å². The molecule has 1 amide bonds. The SMILES string of the molecule is B#Cc1cc2cc(c1)C(=C)c1cc(ccc1N)OCCCN(C)C(=O)CO2. The zero-order chi connectivity index (χ0) is 19.4. The first-order chi connectivity index (χ1) is 13.0. The van der Waals surface area contributed by atoms with Crippen LogP contribution in [0, 0.1) is 5.80 Å². The number of hydrogen-bond donors (Lipinski definition) is 1. The topological polar surface area (TPSA) is 64.8 Å². The molecule has 0 saturated heterocycles. The molecule has 1 heterocycles. The second-order valence-electron chi connectivity index (χ2n) is 6.42. The summed E-state index contributed by atoms with van der Waals surface area (Å²) in [6, 6.07) is 10.9. The molecule has 0 fully saturated rings. The van der Waals surface area contributed by atoms with Gasteiger partial charge in [0.1, 0.15) is 0 Å². The predicted molar refractivity (Wildman–Crippen MR) is 107 cm³/mol. The van der Waals surface area contributed by atoms with Crippen LogP contribution in [0.2, 0.25) is 0 Å². The van der Waals surface area contributed by atoms with Crippen LogP contribution in [0.1, 0.15) is 23.1 Å². The zero-order valence-corrected chi connectivity index (χ0v) is 15.3. The predicted octanol–water partition coefficient (Wildman–Crippen LogP) is 2.43. The molecule has 3 rings (SSSR count). The van der Waals surface area contributed by atoms with Crippen LogP contribution in [0.15, 0.2) is 43.0 Å². The molecule has 0 radical (unpaired) electrons. The van der Waals surface area contributed by atoms with E-state index in [1.807, 2.05) is 24.3 Å². The Morgan fingerprint density at radius 2 is 2.00 bits per heavy atom. The standard InChI is InChI=1S/C21H21BN2O3/c1-14-16-8-15(12-22)9-18(10-16)27-13-21(25)24(2)6-3-7-26-17-4-5-20(23)19(14)11-17/h4-5,8-11H,1,3,6-7,13,23H2,2H3. The van der Waals surface area contributed by atoms with Crippen molar-refractivity contribution in [3.63, 3.8) is 0 Å². The van der Waals surface area contributed by atoms with E-state index in [2.05, 4.69) is 12.4 Å². The summed E-state index contributed by atoms with van der Waals surface area (Å²) in [5, 5.41) is 0. The molecule has 2 N–H and O–H groups in total. The molecule has 2 aromatic carbocycles. The van der Waals surface area contributed by atoms with Crippen LogP contribution < -0.4 is 15.2 Å². The number of carbonyl (C=O) groups is 1. The van der Waals surface area contributed by atoms with Crippen LogP contribution >= 0.6 is 0 Å². The van der Waals surface area contributed by atoms with Gasteiger partial charge in [0.15, 0.2) is 0 Å². The maximum atomic E-state index is 12.2. The van der Waals surface area contributed by atoms with E-state index in [0.29, 0.717) is 47.9 Å². The van der Waals surface area contributed by atoms with E-state index in [0.717, 1.165) is 11.1 Å². The Morgan fingerprint density at radius 3 is 2.78 bits per heavy atom. The molecular weight excluding hydrogens is 339 g/mol. The fourth-order valence-corrected chi connectivity index (χ4v) is 2.85. The van der Waals surface area contributed by atoms with Crippen LogP contribution in [0.4, 0.5) is 5.69 Å². The number of anilines is 1. The number of nitrogen functional groups attached to an aromatic ring is 1. The van der Waals surface area contributed by atoms with Crippen LogP contribution in [-0.4, -0.2) is 44.9 Å². The summed E-state index contributed by atoms with van der Waals surface area (Å²) < 4.78 is 11.5. The Labute approximate surface area is 160 Å². The fourth-order valence-electron chi connectivity index (χ4n) is 2.85. The third kappa shape index (κ3) is 4.36. The van der Waals surface area contributed by atoms with Crippen molar-refractivity contribution in [2.45, 2.75) is 6.42 Å². The van der Waals surface area contributed by atoms with Crippen LogP contribution in [0.3, 0.4) is 0 Å². The van der Waals surface area contributed by atoms with Gasteiger partial charge in [0.2, 0.25) is 0 Å². The first-order valence-electron chi connectivity index (χ1n) is 8.68. The van der Waals surface area contributed by atoms with Gasteiger partial charge < -0.3 is 0 Å². The van der Waals surface area contributed by atoms with Crippen molar-refractivity contribution < 1.29 is 14.3 Å². The average Bonchev–Trinajstić information content (AvgIpc) is 2.68. The van der Waals surface area contributed by atoms with Crippen LogP contribution in [-0.2, 0) is 4.79 Å². The van der Waals surface area contributed by atoms with Crippen molar-refractivity contribution in [1.82, 2.24) is 4.90 Å². The molecule has 1 aliphatic rings. The number of rotatable bonds is 0. The second kappa shape index (κ2) is 8.06. The summed E-state index contributed by atoms with van der Waals surface area (Å²) in [7, 11) is 7.33. The number of likely N-dealkylation sites (N-methyl/N-ethyl adjacent to an activating group) is 1. The number of nitrogens with two attached hydrogens (primary N) is 1. The monoisotopic (exact) mass is 360 g/mol. The molecule has 0 unspecified atom stereocenters. The molecule has 0 spiro atoms. The number of nitrogens with zero attached hydrogens (tertiary/aromatic N) is 1. The van der Waals surface area contributed by atoms with Crippen LogP contribution in [0.25, 0.3) is 5.57 Å². The van der Waals surface area contributed by atoms with Crippen molar-refractivity contribution in [3.8, 4) is 17.3 Å². The van der Waals surface area contributed by atoms with Gasteiger partial charge in [-0.3, -0.25) is 0 Å². The molecule has 27 heavy (non-hydrogen) atoms. The van der Waals surface area contributed by atoms with Crippen LogP contribution in [0.5, 0.6) is 11.5 Å². The Morgan fingerprint density at radius 1 is 1.19 bits per heavy atom. The summed E-state index contributed by atoms with van der Waals surface area (Å²) in [6.07, 6.45) is 0.706. The Hall–Kier alpha value is -3.11. The van der Waals surface area contributed by atoms with Crippen molar-refractivity contribution in [3.05, 3.63) is 59.7 Å². The maximum absolute atomic E-state index is 12.2. The zero-order valence-electron chi connectivity index (χ0n) is 15.3. The average molecular weight is 360 g/mol. The van der Waals surface area contributed by atoms with Gasteiger partial charge >= 0.3 is 160 Å². The molecule has 0 aliphatic carbocycles. The second-order valence-corrected chi connectivity index (χ2v) is 6.42. The van der Waals surface area contributed by atoms with E-state index >= 15 is 0 Å². The molecule has 1 aliphatic heterocycles. The first-order valence-corrected chi connectivity index (χ1v) is 8.68. The van der Waals surface area contributed by atoms with E-state index in [1.54, 1.807) is 24.1 Å². The molecular formula is C21H21BN2O3. The van der Waals surface area contributed by atoms with Gasteiger partial charge in [0.25, 0.3) is 0 Å². The van der Waals surface area contributed by atoms with E-state index in [-0.39, 0.29) is 12.5 Å². The van der Waals surface area contributed by atoms with Gasteiger partial charge in [-0.15, -0.1) is 0 Å². The molecule has 4 bridgehead atoms. The van der Waals surface area contributed by atoms with E-state index in [4.69, 9.17) is 22.5 Å². The summed E-state index contributed by atoms with van der Waals surface area (Å²) in [4.78, 5) is 13.9. The number of amides is 1. The van der Waals surface area contributed by atoms with E-state index in [1.165, 1.54) is 0 Å². The number of benzene rings is 2. The third-order valence-electron chi connectivity index (χ3n) is 4.47. The minimum absolute atomic E-state index is 0.0623. The van der Waals surface area contributed by atoms with E-state index in [9.17, 15) is 4.79 Å². The van der Waals surface area contributed by atoms with Gasteiger partial charge in [0, 0.05) is 0 Å². The van der Waals surface area contributed by atoms with Crippen molar-refractivity contribution in [1.29, 1.82) is 0 Å². The Balaban J connectivity index is 2.05. The summed E-state index contributed by atoms with van der Waals surface area (Å²) in [5.74, 6) is 3.72. The Bertz CT molecular complexity index is 934. The Kier molecular flexibility index (Phi) is 5.58. The van der Waals surface area contributed by atoms with Gasteiger partial charge in [-0.1, -0.05) is 0 Å². The summed E-state index contributed by atoms with van der Waals surface area (Å²) in [6.45, 7) is 5.18.